The van der Waals surface area contributed by atoms with Crippen LogP contribution in [0, 0.1) is 0 Å². The number of ether oxygens (including phenoxy) is 2. The number of sulfonamides is 1. The normalized spacial score (nSPS) is 17.9. The Bertz CT molecular complexity index is 1090. The Hall–Kier alpha value is -2.13. The van der Waals surface area contributed by atoms with E-state index in [1.54, 1.807) is 17.0 Å². The Morgan fingerprint density at radius 3 is 2.39 bits per heavy atom. The molecule has 2 aliphatic rings. The maximum Gasteiger partial charge on any atom is 0.261 e. The summed E-state index contributed by atoms with van der Waals surface area (Å²) in [4.78, 5) is 14.8. The summed E-state index contributed by atoms with van der Waals surface area (Å²) < 4.78 is 40.0. The number of halogens is 1. The first-order valence-corrected chi connectivity index (χ1v) is 13.2. The fourth-order valence-electron chi connectivity index (χ4n) is 4.18. The van der Waals surface area contributed by atoms with Crippen LogP contribution >= 0.6 is 11.6 Å². The zero-order chi connectivity index (χ0) is 23.5. The molecular weight excluding hydrogens is 464 g/mol. The maximum atomic E-state index is 13.1. The maximum absolute atomic E-state index is 13.1. The van der Waals surface area contributed by atoms with E-state index in [-0.39, 0.29) is 21.4 Å². The van der Waals surface area contributed by atoms with Crippen molar-refractivity contribution < 1.29 is 22.7 Å². The molecule has 1 amide bonds. The van der Waals surface area contributed by atoms with Gasteiger partial charge in [-0.3, -0.25) is 9.52 Å². The molecule has 2 aliphatic heterocycles. The molecular formula is C24H29ClN2O5S. The van der Waals surface area contributed by atoms with Gasteiger partial charge in [0.05, 0.1) is 28.7 Å². The third-order valence-corrected chi connectivity index (χ3v) is 7.84. The van der Waals surface area contributed by atoms with E-state index in [0.717, 1.165) is 24.8 Å². The lowest BCUT2D eigenvalue weighted by Crippen LogP contribution is -2.47. The first-order valence-electron chi connectivity index (χ1n) is 11.3. The number of rotatable bonds is 7. The molecule has 2 fully saturated rings. The van der Waals surface area contributed by atoms with Crippen molar-refractivity contribution in [2.45, 2.75) is 49.7 Å². The van der Waals surface area contributed by atoms with E-state index in [1.807, 2.05) is 12.1 Å². The number of hydrogen-bond acceptors (Lipinski definition) is 5. The molecule has 0 radical (unpaired) electrons. The lowest BCUT2D eigenvalue weighted by Gasteiger charge is -2.37. The van der Waals surface area contributed by atoms with Gasteiger partial charge in [-0.1, -0.05) is 37.1 Å². The summed E-state index contributed by atoms with van der Waals surface area (Å²) in [6.45, 7) is 4.17. The molecule has 0 atom stereocenters. The third kappa shape index (κ3) is 5.51. The van der Waals surface area contributed by atoms with Crippen molar-refractivity contribution in [3.63, 3.8) is 0 Å². The van der Waals surface area contributed by atoms with Crippen LogP contribution in [0.5, 0.6) is 0 Å². The quantitative estimate of drug-likeness (QED) is 0.616. The SMILES string of the molecule is CCCCc1ccc(NS(=O)(=O)c2ccc(Cl)c(C(=O)N3CCC4(CC3)OCCO4)c2)cc1. The monoisotopic (exact) mass is 492 g/mol. The van der Waals surface area contributed by atoms with Gasteiger partial charge in [0.15, 0.2) is 5.79 Å². The largest absolute Gasteiger partial charge is 0.347 e. The first-order chi connectivity index (χ1) is 15.8. The van der Waals surface area contributed by atoms with Crippen LogP contribution in [0.1, 0.15) is 48.5 Å². The molecule has 2 aromatic carbocycles. The number of hydrogen-bond donors (Lipinski definition) is 1. The average molecular weight is 493 g/mol. The number of carbonyl (C=O) groups is 1. The minimum Gasteiger partial charge on any atom is -0.347 e. The highest BCUT2D eigenvalue weighted by Gasteiger charge is 2.41. The molecule has 1 N–H and O–H groups in total. The Morgan fingerprint density at radius 2 is 1.76 bits per heavy atom. The van der Waals surface area contributed by atoms with Crippen molar-refractivity contribution in [3.8, 4) is 0 Å². The topological polar surface area (TPSA) is 84.9 Å². The van der Waals surface area contributed by atoms with E-state index in [1.165, 1.54) is 18.2 Å². The lowest BCUT2D eigenvalue weighted by atomic mass is 10.0. The number of carbonyl (C=O) groups excluding carboxylic acids is 1. The predicted molar refractivity (Wildman–Crippen MR) is 127 cm³/mol. The molecule has 2 saturated heterocycles. The number of nitrogens with one attached hydrogen (secondary N) is 1. The van der Waals surface area contributed by atoms with Crippen LogP contribution in [-0.4, -0.2) is 51.3 Å². The molecule has 9 heteroatoms. The number of aryl methyl sites for hydroxylation is 1. The number of amides is 1. The third-order valence-electron chi connectivity index (χ3n) is 6.13. The second-order valence-electron chi connectivity index (χ2n) is 8.45. The van der Waals surface area contributed by atoms with Crippen molar-refractivity contribution in [1.82, 2.24) is 4.90 Å². The van der Waals surface area contributed by atoms with Crippen molar-refractivity contribution in [1.29, 1.82) is 0 Å². The minimum absolute atomic E-state index is 0.0127. The number of nitrogens with zero attached hydrogens (tertiary/aromatic N) is 1. The van der Waals surface area contributed by atoms with Gasteiger partial charge in [0.25, 0.3) is 15.9 Å². The molecule has 0 saturated carbocycles. The molecule has 2 aromatic rings. The zero-order valence-electron chi connectivity index (χ0n) is 18.7. The highest BCUT2D eigenvalue weighted by atomic mass is 35.5. The molecule has 0 aliphatic carbocycles. The summed E-state index contributed by atoms with van der Waals surface area (Å²) in [5, 5.41) is 0.216. The summed E-state index contributed by atoms with van der Waals surface area (Å²) in [5.74, 6) is -0.896. The molecule has 4 rings (SSSR count). The Morgan fingerprint density at radius 1 is 1.09 bits per heavy atom. The van der Waals surface area contributed by atoms with Crippen LogP contribution in [0.3, 0.4) is 0 Å². The first kappa shape index (κ1) is 24.0. The minimum atomic E-state index is -3.88. The van der Waals surface area contributed by atoms with Crippen molar-refractivity contribution >= 4 is 33.2 Å². The van der Waals surface area contributed by atoms with Crippen LogP contribution in [-0.2, 0) is 25.9 Å². The molecule has 2 heterocycles. The average Bonchev–Trinajstić information content (AvgIpc) is 3.26. The van der Waals surface area contributed by atoms with Gasteiger partial charge in [0.2, 0.25) is 0 Å². The number of benzene rings is 2. The number of anilines is 1. The van der Waals surface area contributed by atoms with Gasteiger partial charge < -0.3 is 14.4 Å². The molecule has 0 unspecified atom stereocenters. The molecule has 0 bridgehead atoms. The summed E-state index contributed by atoms with van der Waals surface area (Å²) in [6.07, 6.45) is 4.30. The van der Waals surface area contributed by atoms with Gasteiger partial charge in [0.1, 0.15) is 0 Å². The van der Waals surface area contributed by atoms with Crippen LogP contribution in [0.2, 0.25) is 5.02 Å². The van der Waals surface area contributed by atoms with Crippen LogP contribution in [0.4, 0.5) is 5.69 Å². The standard InChI is InChI=1S/C24H29ClN2O5S/c1-2-3-4-18-5-7-19(8-6-18)26-33(29,30)20-9-10-22(25)21(17-20)23(28)27-13-11-24(12-14-27)31-15-16-32-24/h5-10,17,26H,2-4,11-16H2,1H3. The molecule has 1 spiro atoms. The Kier molecular flexibility index (Phi) is 7.28. The van der Waals surface area contributed by atoms with Gasteiger partial charge in [0, 0.05) is 31.6 Å². The smallest absolute Gasteiger partial charge is 0.261 e. The Balaban J connectivity index is 1.47. The van der Waals surface area contributed by atoms with Crippen molar-refractivity contribution in [2.75, 3.05) is 31.0 Å². The van der Waals surface area contributed by atoms with E-state index < -0.39 is 15.8 Å². The number of unbranched alkanes of at least 4 members (excludes halogenated alkanes) is 1. The van der Waals surface area contributed by atoms with Gasteiger partial charge in [-0.05, 0) is 48.7 Å². The van der Waals surface area contributed by atoms with Gasteiger partial charge in [-0.25, -0.2) is 8.42 Å². The van der Waals surface area contributed by atoms with Crippen LogP contribution in [0.15, 0.2) is 47.4 Å². The Labute approximate surface area is 200 Å². The van der Waals surface area contributed by atoms with E-state index in [2.05, 4.69) is 11.6 Å². The second kappa shape index (κ2) is 10.0. The van der Waals surface area contributed by atoms with Gasteiger partial charge >= 0.3 is 0 Å². The molecule has 0 aromatic heterocycles. The number of piperidine rings is 1. The van der Waals surface area contributed by atoms with E-state index in [9.17, 15) is 13.2 Å². The molecule has 7 nitrogen and oxygen atoms in total. The number of likely N-dealkylation sites (tertiary alicyclic amines) is 1. The van der Waals surface area contributed by atoms with Crippen LogP contribution in [0.25, 0.3) is 0 Å². The van der Waals surface area contributed by atoms with Gasteiger partial charge in [-0.15, -0.1) is 0 Å². The predicted octanol–water partition coefficient (Wildman–Crippen LogP) is 4.46. The van der Waals surface area contributed by atoms with Crippen LogP contribution < -0.4 is 4.72 Å². The van der Waals surface area contributed by atoms with Crippen molar-refractivity contribution in [2.24, 2.45) is 0 Å². The summed E-state index contributed by atoms with van der Waals surface area (Å²) in [7, 11) is -3.88. The van der Waals surface area contributed by atoms with E-state index >= 15 is 0 Å². The molecule has 178 valence electrons. The summed E-state index contributed by atoms with van der Waals surface area (Å²) >= 11 is 6.29. The fraction of sp³-hybridized carbons (Fsp3) is 0.458. The van der Waals surface area contributed by atoms with E-state index in [4.69, 9.17) is 21.1 Å². The fourth-order valence-corrected chi connectivity index (χ4v) is 5.46. The highest BCUT2D eigenvalue weighted by Crippen LogP contribution is 2.32. The van der Waals surface area contributed by atoms with Gasteiger partial charge in [-0.2, -0.15) is 0 Å². The zero-order valence-corrected chi connectivity index (χ0v) is 20.3. The molecule has 33 heavy (non-hydrogen) atoms. The summed E-state index contributed by atoms with van der Waals surface area (Å²) in [6, 6.07) is 11.5. The highest BCUT2D eigenvalue weighted by molar-refractivity contribution is 7.92. The van der Waals surface area contributed by atoms with E-state index in [0.29, 0.717) is 44.8 Å². The second-order valence-corrected chi connectivity index (χ2v) is 10.5. The summed E-state index contributed by atoms with van der Waals surface area (Å²) in [5.41, 5.74) is 1.80. The lowest BCUT2D eigenvalue weighted by molar-refractivity contribution is -0.181. The van der Waals surface area contributed by atoms with Crippen molar-refractivity contribution in [3.05, 3.63) is 58.6 Å².